The van der Waals surface area contributed by atoms with Gasteiger partial charge >= 0.3 is 0 Å². The molecular formula is C48H66O8Si. The predicted molar refractivity (Wildman–Crippen MR) is 228 cm³/mol. The molecule has 310 valence electrons. The summed E-state index contributed by atoms with van der Waals surface area (Å²) in [6.07, 6.45) is 4.40. The van der Waals surface area contributed by atoms with Crippen molar-refractivity contribution in [3.63, 3.8) is 0 Å². The Bertz CT molecular complexity index is 1700. The highest BCUT2D eigenvalue weighted by Gasteiger charge is 2.51. The van der Waals surface area contributed by atoms with Crippen LogP contribution in [0.3, 0.4) is 0 Å². The second-order valence-corrected chi connectivity index (χ2v) is 21.8. The molecule has 0 spiro atoms. The third-order valence-electron chi connectivity index (χ3n) is 11.0. The van der Waals surface area contributed by atoms with E-state index in [0.717, 1.165) is 30.6 Å². The first-order chi connectivity index (χ1) is 27.1. The van der Waals surface area contributed by atoms with Gasteiger partial charge < -0.3 is 32.8 Å². The van der Waals surface area contributed by atoms with Gasteiger partial charge in [-0.15, -0.1) is 0 Å². The minimum Gasteiger partial charge on any atom is -0.497 e. The number of hydrogen-bond donors (Lipinski definition) is 0. The maximum atomic E-state index is 13.1. The molecule has 5 atom stereocenters. The lowest BCUT2D eigenvalue weighted by molar-refractivity contribution is -0.289. The molecule has 2 aliphatic rings. The van der Waals surface area contributed by atoms with E-state index in [4.69, 9.17) is 32.8 Å². The fourth-order valence-corrected chi connectivity index (χ4v) is 12.8. The second kappa shape index (κ2) is 20.1. The summed E-state index contributed by atoms with van der Waals surface area (Å²) < 4.78 is 43.6. The highest BCUT2D eigenvalue weighted by atomic mass is 28.4. The van der Waals surface area contributed by atoms with Gasteiger partial charge in [0.25, 0.3) is 8.32 Å². The average Bonchev–Trinajstić information content (AvgIpc) is 3.49. The van der Waals surface area contributed by atoms with Crippen molar-refractivity contribution in [2.24, 2.45) is 5.92 Å². The third-order valence-corrected chi connectivity index (χ3v) is 16.0. The lowest BCUT2D eigenvalue weighted by Crippen LogP contribution is -2.66. The molecule has 0 aliphatic carbocycles. The first kappa shape index (κ1) is 44.8. The molecule has 2 fully saturated rings. The molecule has 5 rings (SSSR count). The largest absolute Gasteiger partial charge is 0.497 e. The summed E-state index contributed by atoms with van der Waals surface area (Å²) in [5.41, 5.74) is 1.12. The fourth-order valence-electron chi connectivity index (χ4n) is 8.26. The summed E-state index contributed by atoms with van der Waals surface area (Å²) in [6, 6.07) is 29.3. The van der Waals surface area contributed by atoms with Gasteiger partial charge in [0.2, 0.25) is 5.78 Å². The average molecular weight is 799 g/mol. The molecule has 0 aromatic heterocycles. The third kappa shape index (κ3) is 12.6. The zero-order valence-corrected chi connectivity index (χ0v) is 36.8. The lowest BCUT2D eigenvalue weighted by atomic mass is 9.93. The molecule has 57 heavy (non-hydrogen) atoms. The molecule has 9 heteroatoms. The van der Waals surface area contributed by atoms with E-state index in [0.29, 0.717) is 45.5 Å². The van der Waals surface area contributed by atoms with Crippen LogP contribution in [-0.4, -0.2) is 70.4 Å². The summed E-state index contributed by atoms with van der Waals surface area (Å²) in [6.45, 7) is 18.6. The van der Waals surface area contributed by atoms with Crippen molar-refractivity contribution in [2.45, 2.75) is 148 Å². The van der Waals surface area contributed by atoms with Gasteiger partial charge in [-0.1, -0.05) is 106 Å². The van der Waals surface area contributed by atoms with Gasteiger partial charge in [-0.25, -0.2) is 0 Å². The summed E-state index contributed by atoms with van der Waals surface area (Å²) in [5, 5.41) is 2.40. The fraction of sp³-hybridized carbons (Fsp3) is 0.562. The summed E-state index contributed by atoms with van der Waals surface area (Å²) in [4.78, 5) is 13.1. The number of benzene rings is 3. The van der Waals surface area contributed by atoms with Crippen molar-refractivity contribution in [2.75, 3.05) is 20.3 Å². The Balaban J connectivity index is 1.11. The molecule has 0 unspecified atom stereocenters. The second-order valence-electron chi connectivity index (χ2n) is 17.5. The molecule has 2 heterocycles. The Morgan fingerprint density at radius 3 is 2.07 bits per heavy atom. The van der Waals surface area contributed by atoms with Crippen molar-refractivity contribution in [3.05, 3.63) is 90.5 Å². The Morgan fingerprint density at radius 1 is 0.825 bits per heavy atom. The molecule has 3 aromatic carbocycles. The topological polar surface area (TPSA) is 81.7 Å². The predicted octanol–water partition coefficient (Wildman–Crippen LogP) is 8.77. The number of carbonyl (C=O) groups is 1. The van der Waals surface area contributed by atoms with E-state index < -0.39 is 19.9 Å². The van der Waals surface area contributed by atoms with Crippen molar-refractivity contribution in [1.82, 2.24) is 0 Å². The zero-order chi connectivity index (χ0) is 41.1. The quantitative estimate of drug-likeness (QED) is 0.0547. The van der Waals surface area contributed by atoms with E-state index >= 15 is 0 Å². The van der Waals surface area contributed by atoms with E-state index in [2.05, 4.69) is 100 Å². The van der Waals surface area contributed by atoms with Crippen molar-refractivity contribution >= 4 is 24.5 Å². The number of Topliss-reactive ketones (excluding diaryl/α,β-unsaturated/α-hetero) is 1. The van der Waals surface area contributed by atoms with Crippen LogP contribution in [-0.2, 0) is 39.5 Å². The van der Waals surface area contributed by atoms with Gasteiger partial charge in [0.15, 0.2) is 11.6 Å². The van der Waals surface area contributed by atoms with Crippen molar-refractivity contribution < 1.29 is 37.6 Å². The van der Waals surface area contributed by atoms with Gasteiger partial charge in [-0.2, -0.15) is 0 Å². The van der Waals surface area contributed by atoms with Crippen LogP contribution in [0.15, 0.2) is 84.9 Å². The van der Waals surface area contributed by atoms with Crippen molar-refractivity contribution in [3.8, 4) is 17.6 Å². The number of ketones is 1. The first-order valence-electron chi connectivity index (χ1n) is 20.8. The minimum absolute atomic E-state index is 0.00477. The summed E-state index contributed by atoms with van der Waals surface area (Å²) in [5.74, 6) is 5.37. The van der Waals surface area contributed by atoms with Gasteiger partial charge in [0, 0.05) is 26.1 Å². The van der Waals surface area contributed by atoms with E-state index in [1.54, 1.807) is 7.11 Å². The minimum atomic E-state index is -2.68. The number of ether oxygens (including phenoxy) is 6. The first-order valence-corrected chi connectivity index (χ1v) is 22.7. The number of unbranched alkanes of at least 4 members (excludes halogenated alkanes) is 1. The van der Waals surface area contributed by atoms with E-state index in [-0.39, 0.29) is 41.2 Å². The number of carbonyl (C=O) groups excluding carboxylic acids is 1. The van der Waals surface area contributed by atoms with Crippen LogP contribution >= 0.6 is 0 Å². The SMILES string of the molecule is COc1ccc(COCCCC[C@H]2C[C@H](C#CC(=O)CC[C@@H](C)[C@H]3OC(C)(C)O[C@@H]3CCO[Si](c3ccccc3)(c3ccccc3)C(C)(C)C)OC(C)(C)O2)cc1. The van der Waals surface area contributed by atoms with E-state index in [1.807, 2.05) is 52.0 Å². The van der Waals surface area contributed by atoms with Gasteiger partial charge in [0.05, 0.1) is 32.0 Å². The molecule has 8 nitrogen and oxygen atoms in total. The van der Waals surface area contributed by atoms with Crippen LogP contribution in [0, 0.1) is 17.8 Å². The van der Waals surface area contributed by atoms with Crippen LogP contribution in [0.4, 0.5) is 0 Å². The Labute approximate surface area is 343 Å². The lowest BCUT2D eigenvalue weighted by Gasteiger charge is -2.43. The Kier molecular flexibility index (Phi) is 15.8. The normalized spacial score (nSPS) is 22.3. The molecule has 0 bridgehead atoms. The van der Waals surface area contributed by atoms with E-state index in [9.17, 15) is 4.79 Å². The molecule has 3 aromatic rings. The number of rotatable bonds is 18. The van der Waals surface area contributed by atoms with E-state index in [1.165, 1.54) is 10.4 Å². The van der Waals surface area contributed by atoms with Crippen LogP contribution in [0.25, 0.3) is 0 Å². The maximum absolute atomic E-state index is 13.1. The molecule has 0 N–H and O–H groups in total. The van der Waals surface area contributed by atoms with Gasteiger partial charge in [0.1, 0.15) is 11.9 Å². The Hall–Kier alpha value is -3.33. The standard InChI is InChI=1S/C48H66O8Si/c1-36(23-26-38(49)27-30-41-34-40(53-47(5,6)54-41)18-16-17-32-51-35-37-24-28-39(50-9)29-25-37)45-44(55-48(7,8)56-45)31-33-52-57(46(2,3)4,42-19-12-10-13-20-42)43-21-14-11-15-22-43/h10-15,19-22,24-25,28-29,36,40-41,44-45H,16-18,23,26,31-35H2,1-9H3/t36-,40+,41+,44-,45-/m1/s1. The van der Waals surface area contributed by atoms with Crippen LogP contribution in [0.5, 0.6) is 5.75 Å². The smallest absolute Gasteiger partial charge is 0.261 e. The molecule has 2 saturated heterocycles. The van der Waals surface area contributed by atoms with Gasteiger partial charge in [-0.05, 0) is 105 Å². The Morgan fingerprint density at radius 2 is 1.46 bits per heavy atom. The van der Waals surface area contributed by atoms with Crippen molar-refractivity contribution in [1.29, 1.82) is 0 Å². The molecule has 0 amide bonds. The number of methoxy groups -OCH3 is 1. The monoisotopic (exact) mass is 798 g/mol. The summed E-state index contributed by atoms with van der Waals surface area (Å²) in [7, 11) is -1.02. The van der Waals surface area contributed by atoms with Crippen LogP contribution < -0.4 is 15.1 Å². The van der Waals surface area contributed by atoms with Gasteiger partial charge in [-0.3, -0.25) is 4.79 Å². The molecule has 0 saturated carbocycles. The zero-order valence-electron chi connectivity index (χ0n) is 35.8. The number of hydrogen-bond acceptors (Lipinski definition) is 8. The molecule has 0 radical (unpaired) electrons. The molecule has 2 aliphatic heterocycles. The van der Waals surface area contributed by atoms with Crippen LogP contribution in [0.1, 0.15) is 106 Å². The highest BCUT2D eigenvalue weighted by Crippen LogP contribution is 2.39. The highest BCUT2D eigenvalue weighted by molar-refractivity contribution is 6.99. The van der Waals surface area contributed by atoms with Crippen LogP contribution in [0.2, 0.25) is 5.04 Å². The maximum Gasteiger partial charge on any atom is 0.261 e. The summed E-state index contributed by atoms with van der Waals surface area (Å²) >= 11 is 0. The molecular weight excluding hydrogens is 733 g/mol.